The Morgan fingerprint density at radius 2 is 0.648 bits per heavy atom. The van der Waals surface area contributed by atoms with Crippen molar-refractivity contribution in [2.45, 2.75) is 265 Å². The summed E-state index contributed by atoms with van der Waals surface area (Å²) in [7, 11) is -1.51. The number of hydrogen-bond acceptors (Lipinski definition) is 44. The molecule has 1 aromatic rings. The number of ether oxygens (including phenoxy) is 23. The van der Waals surface area contributed by atoms with E-state index < -0.39 is 241 Å². The monoisotopic (exact) mass is 2090 g/mol. The normalized spacial score (nSPS) is 21.2. The highest BCUT2D eigenvalue weighted by atomic mass is 31.2. The van der Waals surface area contributed by atoms with E-state index in [4.69, 9.17) is 123 Å². The molecule has 1 aromatic carbocycles. The van der Waals surface area contributed by atoms with Crippen LogP contribution in [-0.4, -0.2) is 393 Å². The Labute approximate surface area is 843 Å². The SMILES string of the molecule is CC(=O)NC1[C@H](OCCOCCNC(=O)CCOCC(COCCC(=O)NCCOCCO[C@@H]2O[C@H](COC(C)=O)[C@@H](OC(C)=O)[C@@H](OC(C)=O)[C@@H]2NC(C)=O)(COCCC(=O)NCCOCCO[C@H]2O[C@H](COC(C)=O)[C@@H](OC(C)=O)[C@@H](OC(C)=O)[C@@H]2NC(C)=O)NC(=O)CCOCCOCCNC(=O)CCc2ccc(OP(OCCC#N)N(C(C)C)C(C)C)cc2)O[C@H](COC(C)=O)[C@H](OC(C)=O)[C@@H]1OC(C)=O. The van der Waals surface area contributed by atoms with Crippen LogP contribution in [0.5, 0.6) is 5.75 Å². The second kappa shape index (κ2) is 71.0. The van der Waals surface area contributed by atoms with Crippen molar-refractivity contribution >= 4 is 110 Å². The molecule has 0 spiro atoms. The van der Waals surface area contributed by atoms with Gasteiger partial charge in [-0.3, -0.25) is 81.5 Å². The molecule has 0 bridgehead atoms. The molecular weight excluding hydrogens is 1950 g/mol. The van der Waals surface area contributed by atoms with Crippen LogP contribution in [0.25, 0.3) is 0 Å². The standard InChI is InChI=1S/C92H145N10O42P/c1-56(2)102(57(3)4)145(134-33-17-28-93)144-71-21-18-70(19-22-71)20-23-75(115)94-29-38-121-43-42-120-34-27-79(119)101-92(53-125-35-24-76(116)95-30-39-122-44-47-128-89-80(98-58(5)103)86(138-67(14)112)83(135-64(11)109)72(141-89)50-131-61(8)106,54-126-36-25-77(117)96-31-40-123-45-48-129-90-81(99-59(6)104)87(139-68(15)113)84(136-65(12)110)73(142-90)51-132-62(9)107)55-127-37-26-78(118)97-32-41-124-46-49-130-91-82(100-60(7)105)88(140-69(16)114)85(137-66(13)111)74(143-91)52-133-63(10)108/h18-19,21-22,56-57,72-74,80-91H,17,20,23-27,29-55H2,1-16H3,(H,94,115)(H,95,116)(H,96,117)(H,97,118)(H,98,103)(H,99,104)(H,100,105)(H,101,119)/t72-,73-,74-,80+,81+,82?,83-,84-,85+,86+,87+,88-,89-,90+,91-,92?,145?/m1/s1. The third-order valence-electron chi connectivity index (χ3n) is 20.2. The Morgan fingerprint density at radius 3 is 0.945 bits per heavy atom. The maximum atomic E-state index is 14.2. The quantitative estimate of drug-likeness (QED) is 0.0173. The molecule has 0 aromatic heterocycles. The first kappa shape index (κ1) is 127. The maximum Gasteiger partial charge on any atom is 0.321 e. The molecule has 17 atom stereocenters. The van der Waals surface area contributed by atoms with E-state index in [1.807, 2.05) is 52.0 Å². The van der Waals surface area contributed by atoms with Gasteiger partial charge in [0, 0.05) is 153 Å². The van der Waals surface area contributed by atoms with Crippen LogP contribution in [0.4, 0.5) is 0 Å². The fourth-order valence-corrected chi connectivity index (χ4v) is 16.0. The number of aryl methyl sites for hydroxylation is 1. The van der Waals surface area contributed by atoms with E-state index in [1.165, 1.54) is 20.8 Å². The molecule has 820 valence electrons. The van der Waals surface area contributed by atoms with Gasteiger partial charge in [-0.05, 0) is 51.8 Å². The number of esters is 9. The van der Waals surface area contributed by atoms with Crippen molar-refractivity contribution in [3.63, 3.8) is 0 Å². The lowest BCUT2D eigenvalue weighted by Crippen LogP contribution is -2.66. The number of carbonyl (C=O) groups excluding carboxylic acids is 17. The van der Waals surface area contributed by atoms with Crippen LogP contribution in [0.15, 0.2) is 24.3 Å². The average Bonchev–Trinajstić information content (AvgIpc) is 0.790. The zero-order chi connectivity index (χ0) is 107. The highest BCUT2D eigenvalue weighted by Gasteiger charge is 2.55. The molecule has 4 rings (SSSR count). The average molecular weight is 2090 g/mol. The Kier molecular flexibility index (Phi) is 62.0. The molecule has 52 nitrogen and oxygen atoms in total. The Morgan fingerprint density at radius 1 is 0.359 bits per heavy atom. The van der Waals surface area contributed by atoms with E-state index >= 15 is 0 Å². The van der Waals surface area contributed by atoms with Gasteiger partial charge in [0.1, 0.15) is 67.5 Å². The first-order chi connectivity index (χ1) is 69.0. The Hall–Kier alpha value is -10.7. The molecule has 3 aliphatic rings. The van der Waals surface area contributed by atoms with E-state index in [9.17, 15) is 81.5 Å². The van der Waals surface area contributed by atoms with Gasteiger partial charge in [0.25, 0.3) is 0 Å². The van der Waals surface area contributed by atoms with Gasteiger partial charge in [-0.15, -0.1) is 0 Å². The second-order valence-corrected chi connectivity index (χ2v) is 34.9. The smallest absolute Gasteiger partial charge is 0.321 e. The predicted octanol–water partition coefficient (Wildman–Crippen LogP) is -0.695. The van der Waals surface area contributed by atoms with Crippen molar-refractivity contribution in [1.82, 2.24) is 47.2 Å². The molecule has 53 heteroatoms. The zero-order valence-corrected chi connectivity index (χ0v) is 86.0. The fourth-order valence-electron chi connectivity index (χ4n) is 14.4. The van der Waals surface area contributed by atoms with Gasteiger partial charge < -0.3 is 161 Å². The van der Waals surface area contributed by atoms with Crippen LogP contribution in [0.1, 0.15) is 155 Å². The molecule has 3 fully saturated rings. The number of carbonyl (C=O) groups is 17. The van der Waals surface area contributed by atoms with Gasteiger partial charge >= 0.3 is 62.2 Å². The molecule has 0 radical (unpaired) electrons. The number of amides is 8. The summed E-state index contributed by atoms with van der Waals surface area (Å²) in [5.74, 6) is -10.5. The third-order valence-corrected chi connectivity index (χ3v) is 22.3. The molecule has 3 heterocycles. The Balaban J connectivity index is 1.48. The summed E-state index contributed by atoms with van der Waals surface area (Å²) in [5.41, 5.74) is -0.744. The number of rotatable bonds is 72. The van der Waals surface area contributed by atoms with E-state index in [2.05, 4.69) is 53.3 Å². The van der Waals surface area contributed by atoms with Crippen molar-refractivity contribution in [3.05, 3.63) is 29.8 Å². The van der Waals surface area contributed by atoms with Crippen LogP contribution < -0.4 is 47.1 Å². The minimum atomic E-state index is -1.64. The molecule has 0 aliphatic carbocycles. The number of nitrogens with one attached hydrogen (secondary N) is 8. The van der Waals surface area contributed by atoms with Crippen molar-refractivity contribution < 1.29 is 200 Å². The minimum Gasteiger partial charge on any atom is -0.463 e. The maximum absolute atomic E-state index is 14.2. The van der Waals surface area contributed by atoms with Crippen molar-refractivity contribution in [1.29, 1.82) is 5.26 Å². The summed E-state index contributed by atoms with van der Waals surface area (Å²) in [4.78, 5) is 214. The van der Waals surface area contributed by atoms with Gasteiger partial charge in [-0.2, -0.15) is 5.26 Å². The first-order valence-electron chi connectivity index (χ1n) is 47.4. The van der Waals surface area contributed by atoms with E-state index in [-0.39, 0.29) is 195 Å². The number of nitrogens with zero attached hydrogens (tertiary/aromatic N) is 2. The molecular formula is C92H145N10O42P. The molecule has 145 heavy (non-hydrogen) atoms. The Bertz CT molecular complexity index is 3920. The second-order valence-electron chi connectivity index (χ2n) is 33.5. The van der Waals surface area contributed by atoms with Crippen LogP contribution in [0.3, 0.4) is 0 Å². The van der Waals surface area contributed by atoms with Gasteiger partial charge in [0.15, 0.2) is 55.5 Å². The lowest BCUT2D eigenvalue weighted by Gasteiger charge is -2.44. The topological polar surface area (TPSA) is 644 Å². The number of hydrogen-bond donors (Lipinski definition) is 8. The summed E-state index contributed by atoms with van der Waals surface area (Å²) < 4.78 is 146. The van der Waals surface area contributed by atoms with Crippen molar-refractivity contribution in [3.8, 4) is 11.8 Å². The number of nitriles is 1. The highest BCUT2D eigenvalue weighted by Crippen LogP contribution is 2.46. The highest BCUT2D eigenvalue weighted by molar-refractivity contribution is 7.45. The molecule has 8 amide bonds. The summed E-state index contributed by atoms with van der Waals surface area (Å²) >= 11 is 0. The van der Waals surface area contributed by atoms with Crippen molar-refractivity contribution in [2.75, 3.05) is 178 Å². The fraction of sp³-hybridized carbons (Fsp3) is 0.739. The van der Waals surface area contributed by atoms with E-state index in [0.717, 1.165) is 67.9 Å². The minimum absolute atomic E-state index is 0.0273. The van der Waals surface area contributed by atoms with Crippen LogP contribution in [-0.2, 0) is 201 Å². The van der Waals surface area contributed by atoms with E-state index in [1.54, 1.807) is 0 Å². The van der Waals surface area contributed by atoms with Crippen LogP contribution in [0, 0.1) is 11.3 Å². The van der Waals surface area contributed by atoms with Gasteiger partial charge in [0.2, 0.25) is 47.3 Å². The van der Waals surface area contributed by atoms with Gasteiger partial charge in [0.05, 0.1) is 145 Å². The van der Waals surface area contributed by atoms with Crippen LogP contribution >= 0.6 is 8.53 Å². The van der Waals surface area contributed by atoms with Gasteiger partial charge in [-0.25, -0.2) is 4.67 Å². The van der Waals surface area contributed by atoms with Crippen molar-refractivity contribution in [2.24, 2.45) is 0 Å². The molecule has 3 saturated heterocycles. The lowest BCUT2D eigenvalue weighted by molar-refractivity contribution is -0.279. The summed E-state index contributed by atoms with van der Waals surface area (Å²) in [6, 6.07) is 5.95. The third kappa shape index (κ3) is 53.5. The van der Waals surface area contributed by atoms with E-state index in [0.29, 0.717) is 12.2 Å². The lowest BCUT2D eigenvalue weighted by atomic mass is 9.96. The molecule has 8 N–H and O–H groups in total. The molecule has 3 unspecified atom stereocenters. The van der Waals surface area contributed by atoms with Gasteiger partial charge in [-0.1, -0.05) is 12.1 Å². The number of benzene rings is 1. The largest absolute Gasteiger partial charge is 0.463 e. The summed E-state index contributed by atoms with van der Waals surface area (Å²) in [6.45, 7) is 17.4. The predicted molar refractivity (Wildman–Crippen MR) is 498 cm³/mol. The summed E-state index contributed by atoms with van der Waals surface area (Å²) in [5, 5.41) is 30.8. The zero-order valence-electron chi connectivity index (χ0n) is 85.2. The van der Waals surface area contributed by atoms with Crippen LogP contribution in [0.2, 0.25) is 0 Å². The molecule has 0 saturated carbocycles. The molecule has 3 aliphatic heterocycles. The summed E-state index contributed by atoms with van der Waals surface area (Å²) in [6.07, 6.45) is -16.2. The first-order valence-corrected chi connectivity index (χ1v) is 48.5.